The number of benzene rings is 1. The highest BCUT2D eigenvalue weighted by molar-refractivity contribution is 6.15. The van der Waals surface area contributed by atoms with Crippen molar-refractivity contribution >= 4 is 34.6 Å². The Hall–Kier alpha value is -3.36. The summed E-state index contributed by atoms with van der Waals surface area (Å²) in [6.45, 7) is 8.19. The summed E-state index contributed by atoms with van der Waals surface area (Å²) in [6.07, 6.45) is 2.05. The van der Waals surface area contributed by atoms with Crippen molar-refractivity contribution < 1.29 is 28.6 Å². The zero-order valence-corrected chi connectivity index (χ0v) is 16.2. The molecule has 1 aliphatic rings. The molecule has 0 radical (unpaired) electrons. The van der Waals surface area contributed by atoms with Crippen LogP contribution in [-0.2, 0) is 23.8 Å². The summed E-state index contributed by atoms with van der Waals surface area (Å²) in [5.41, 5.74) is -0.104. The fraction of sp³-hybridized carbons (Fsp3) is 0.368. The van der Waals surface area contributed by atoms with Gasteiger partial charge in [-0.25, -0.2) is 14.4 Å². The van der Waals surface area contributed by atoms with Crippen molar-refractivity contribution in [2.75, 3.05) is 5.32 Å². The first kappa shape index (κ1) is 19.4. The molecule has 0 bridgehead atoms. The Morgan fingerprint density at radius 3 is 2.46 bits per heavy atom. The van der Waals surface area contributed by atoms with Gasteiger partial charge in [0.05, 0.1) is 11.9 Å². The molecular weight excluding hydrogens is 366 g/mol. The second-order valence-corrected chi connectivity index (χ2v) is 7.66. The van der Waals surface area contributed by atoms with Gasteiger partial charge in [-0.3, -0.25) is 0 Å². The van der Waals surface area contributed by atoms with Crippen molar-refractivity contribution in [3.63, 3.8) is 0 Å². The van der Waals surface area contributed by atoms with Crippen LogP contribution in [0, 0.1) is 0 Å². The lowest BCUT2D eigenvalue weighted by molar-refractivity contribution is -0.222. The van der Waals surface area contributed by atoms with Crippen molar-refractivity contribution in [1.82, 2.24) is 9.78 Å². The van der Waals surface area contributed by atoms with Crippen LogP contribution in [0.3, 0.4) is 0 Å². The molecule has 1 aromatic heterocycles. The summed E-state index contributed by atoms with van der Waals surface area (Å²) in [6, 6.07) is 5.18. The number of fused-ring (bicyclic) bond motifs is 1. The van der Waals surface area contributed by atoms with Gasteiger partial charge in [0.15, 0.2) is 5.57 Å². The van der Waals surface area contributed by atoms with E-state index in [1.165, 1.54) is 26.2 Å². The minimum absolute atomic E-state index is 0.292. The van der Waals surface area contributed by atoms with Gasteiger partial charge in [0.1, 0.15) is 11.1 Å². The number of aromatic nitrogens is 2. The van der Waals surface area contributed by atoms with Gasteiger partial charge in [0.25, 0.3) is 5.79 Å². The van der Waals surface area contributed by atoms with E-state index in [2.05, 4.69) is 10.4 Å². The third-order valence-corrected chi connectivity index (χ3v) is 3.65. The Balaban J connectivity index is 1.94. The molecule has 0 aliphatic carbocycles. The lowest BCUT2D eigenvalue weighted by atomic mass is 10.2. The summed E-state index contributed by atoms with van der Waals surface area (Å²) in [5, 5.41) is 7.61. The number of esters is 2. The normalized spacial score (nSPS) is 16.4. The van der Waals surface area contributed by atoms with E-state index in [0.717, 1.165) is 4.68 Å². The lowest BCUT2D eigenvalue weighted by Crippen LogP contribution is -2.42. The van der Waals surface area contributed by atoms with E-state index in [4.69, 9.17) is 14.2 Å². The molecule has 3 rings (SSSR count). The SMILES string of the molecule is CC(C)(C)OC(=O)n1ncc2cccc(NC=C3C(=O)OC(C)(C)OC3=O)c21. The minimum Gasteiger partial charge on any atom is -0.442 e. The fourth-order valence-corrected chi connectivity index (χ4v) is 2.57. The third-order valence-electron chi connectivity index (χ3n) is 3.65. The van der Waals surface area contributed by atoms with E-state index in [1.807, 2.05) is 0 Å². The molecule has 9 nitrogen and oxygen atoms in total. The Morgan fingerprint density at radius 2 is 1.86 bits per heavy atom. The number of anilines is 1. The molecule has 148 valence electrons. The molecule has 0 atom stereocenters. The maximum absolute atomic E-state index is 12.5. The summed E-state index contributed by atoms with van der Waals surface area (Å²) in [4.78, 5) is 36.6. The molecule has 1 aromatic carbocycles. The summed E-state index contributed by atoms with van der Waals surface area (Å²) in [5.74, 6) is -2.93. The molecule has 1 fully saturated rings. The van der Waals surface area contributed by atoms with Crippen LogP contribution in [0.15, 0.2) is 36.2 Å². The monoisotopic (exact) mass is 387 g/mol. The lowest BCUT2D eigenvalue weighted by Gasteiger charge is -2.29. The first-order valence-corrected chi connectivity index (χ1v) is 8.60. The van der Waals surface area contributed by atoms with Crippen LogP contribution in [0.2, 0.25) is 0 Å². The Labute approximate surface area is 161 Å². The second-order valence-electron chi connectivity index (χ2n) is 7.66. The highest BCUT2D eigenvalue weighted by Gasteiger charge is 2.39. The van der Waals surface area contributed by atoms with Crippen LogP contribution in [0.5, 0.6) is 0 Å². The molecule has 1 N–H and O–H groups in total. The largest absolute Gasteiger partial charge is 0.442 e. The molecule has 28 heavy (non-hydrogen) atoms. The minimum atomic E-state index is -1.32. The number of carbonyl (C=O) groups excluding carboxylic acids is 3. The van der Waals surface area contributed by atoms with Crippen LogP contribution >= 0.6 is 0 Å². The van der Waals surface area contributed by atoms with Gasteiger partial charge in [-0.15, -0.1) is 0 Å². The highest BCUT2D eigenvalue weighted by atomic mass is 16.7. The predicted octanol–water partition coefficient (Wildman–Crippen LogP) is 2.95. The molecule has 9 heteroatoms. The molecule has 0 saturated carbocycles. The van der Waals surface area contributed by atoms with Crippen molar-refractivity contribution in [3.8, 4) is 0 Å². The number of rotatable bonds is 2. The molecule has 0 amide bonds. The van der Waals surface area contributed by atoms with Crippen LogP contribution in [-0.4, -0.2) is 39.2 Å². The number of cyclic esters (lactones) is 2. The Bertz CT molecular complexity index is 975. The average molecular weight is 387 g/mol. The van der Waals surface area contributed by atoms with Crippen LogP contribution in [0.4, 0.5) is 10.5 Å². The quantitative estimate of drug-likeness (QED) is 0.476. The van der Waals surface area contributed by atoms with Gasteiger partial charge in [-0.1, -0.05) is 12.1 Å². The van der Waals surface area contributed by atoms with Crippen LogP contribution in [0.25, 0.3) is 10.9 Å². The predicted molar refractivity (Wildman–Crippen MR) is 99.3 cm³/mol. The molecule has 2 aromatic rings. The number of hydrogen-bond donors (Lipinski definition) is 1. The summed E-state index contributed by atoms with van der Waals surface area (Å²) in [7, 11) is 0. The molecular formula is C19H21N3O6. The summed E-state index contributed by atoms with van der Waals surface area (Å²) < 4.78 is 16.6. The highest BCUT2D eigenvalue weighted by Crippen LogP contribution is 2.26. The number of nitrogens with one attached hydrogen (secondary N) is 1. The maximum atomic E-state index is 12.5. The Kier molecular flexibility index (Phi) is 4.62. The van der Waals surface area contributed by atoms with E-state index < -0.39 is 29.4 Å². The van der Waals surface area contributed by atoms with Crippen molar-refractivity contribution in [3.05, 3.63) is 36.2 Å². The van der Waals surface area contributed by atoms with E-state index in [9.17, 15) is 14.4 Å². The zero-order valence-electron chi connectivity index (χ0n) is 16.2. The van der Waals surface area contributed by atoms with E-state index in [0.29, 0.717) is 16.6 Å². The standard InChI is InChI=1S/C19H21N3O6/c1-18(2,3)28-17(25)22-14-11(9-21-22)7-6-8-13(14)20-10-12-15(23)26-19(4,5)27-16(12)24/h6-10,20H,1-5H3. The Morgan fingerprint density at radius 1 is 1.21 bits per heavy atom. The van der Waals surface area contributed by atoms with Gasteiger partial charge < -0.3 is 19.5 Å². The zero-order chi connectivity index (χ0) is 20.7. The number of para-hydroxylation sites is 1. The third kappa shape index (κ3) is 3.98. The van der Waals surface area contributed by atoms with E-state index >= 15 is 0 Å². The van der Waals surface area contributed by atoms with Gasteiger partial charge in [-0.05, 0) is 26.8 Å². The second kappa shape index (κ2) is 6.66. The van der Waals surface area contributed by atoms with Gasteiger partial charge >= 0.3 is 18.0 Å². The first-order chi connectivity index (χ1) is 13.0. The smallest absolute Gasteiger partial charge is 0.435 e. The molecule has 1 saturated heterocycles. The topological polar surface area (TPSA) is 109 Å². The van der Waals surface area contributed by atoms with Crippen molar-refractivity contribution in [2.45, 2.75) is 46.0 Å². The molecule has 2 heterocycles. The van der Waals surface area contributed by atoms with Crippen molar-refractivity contribution in [2.24, 2.45) is 0 Å². The first-order valence-electron chi connectivity index (χ1n) is 8.60. The number of ether oxygens (including phenoxy) is 3. The average Bonchev–Trinajstić information content (AvgIpc) is 2.96. The van der Waals surface area contributed by atoms with E-state index in [1.54, 1.807) is 39.0 Å². The van der Waals surface area contributed by atoms with Crippen LogP contribution in [0.1, 0.15) is 34.6 Å². The van der Waals surface area contributed by atoms with Gasteiger partial charge in [-0.2, -0.15) is 9.78 Å². The molecule has 0 unspecified atom stereocenters. The van der Waals surface area contributed by atoms with Crippen LogP contribution < -0.4 is 5.32 Å². The molecule has 0 spiro atoms. The fourth-order valence-electron chi connectivity index (χ4n) is 2.57. The maximum Gasteiger partial charge on any atom is 0.435 e. The van der Waals surface area contributed by atoms with E-state index in [-0.39, 0.29) is 5.57 Å². The number of carbonyl (C=O) groups is 3. The molecule has 1 aliphatic heterocycles. The summed E-state index contributed by atoms with van der Waals surface area (Å²) >= 11 is 0. The number of nitrogens with zero attached hydrogens (tertiary/aromatic N) is 2. The number of hydrogen-bond acceptors (Lipinski definition) is 8. The van der Waals surface area contributed by atoms with Gasteiger partial charge in [0.2, 0.25) is 0 Å². The van der Waals surface area contributed by atoms with Crippen molar-refractivity contribution in [1.29, 1.82) is 0 Å². The van der Waals surface area contributed by atoms with Gasteiger partial charge in [0, 0.05) is 25.4 Å².